The van der Waals surface area contributed by atoms with Crippen LogP contribution in [-0.4, -0.2) is 17.1 Å². The molecule has 7 heteroatoms. The van der Waals surface area contributed by atoms with Gasteiger partial charge in [-0.25, -0.2) is 4.98 Å². The summed E-state index contributed by atoms with van der Waals surface area (Å²) in [7, 11) is 1.50. The molecule has 1 aromatic heterocycles. The molecule has 0 saturated carbocycles. The van der Waals surface area contributed by atoms with E-state index in [1.807, 2.05) is 0 Å². The Hall–Kier alpha value is -2.02. The van der Waals surface area contributed by atoms with E-state index in [-0.39, 0.29) is 12.4 Å². The molecular weight excluding hydrogens is 259 g/mol. The Morgan fingerprint density at radius 1 is 1.37 bits per heavy atom. The van der Waals surface area contributed by atoms with Crippen LogP contribution in [0.3, 0.4) is 0 Å². The molecular formula is C12H12F3N3O. The molecule has 0 spiro atoms. The molecule has 0 amide bonds. The maximum absolute atomic E-state index is 12.5. The predicted molar refractivity (Wildman–Crippen MR) is 63.5 cm³/mol. The number of aromatic amines is 1. The van der Waals surface area contributed by atoms with Crippen molar-refractivity contribution in [1.82, 2.24) is 9.97 Å². The molecule has 19 heavy (non-hydrogen) atoms. The first-order valence-corrected chi connectivity index (χ1v) is 5.45. The van der Waals surface area contributed by atoms with Crippen LogP contribution in [-0.2, 0) is 12.7 Å². The highest BCUT2D eigenvalue weighted by atomic mass is 19.4. The van der Waals surface area contributed by atoms with E-state index in [0.29, 0.717) is 16.9 Å². The third-order valence-corrected chi connectivity index (χ3v) is 2.65. The number of aromatic nitrogens is 2. The van der Waals surface area contributed by atoms with Gasteiger partial charge in [0, 0.05) is 17.7 Å². The molecule has 4 nitrogen and oxygen atoms in total. The lowest BCUT2D eigenvalue weighted by molar-refractivity contribution is -0.140. The molecule has 1 heterocycles. The number of ether oxygens (including phenoxy) is 1. The minimum atomic E-state index is -4.44. The third-order valence-electron chi connectivity index (χ3n) is 2.65. The minimum Gasteiger partial charge on any atom is -0.496 e. The molecule has 102 valence electrons. The van der Waals surface area contributed by atoms with E-state index in [1.54, 1.807) is 18.2 Å². The Morgan fingerprint density at radius 3 is 2.63 bits per heavy atom. The van der Waals surface area contributed by atoms with Gasteiger partial charge in [-0.15, -0.1) is 0 Å². The molecule has 0 unspecified atom stereocenters. The molecule has 1 aromatic carbocycles. The van der Waals surface area contributed by atoms with Crippen LogP contribution in [0.4, 0.5) is 13.2 Å². The number of hydrogen-bond acceptors (Lipinski definition) is 3. The van der Waals surface area contributed by atoms with Crippen LogP contribution in [0, 0.1) is 0 Å². The third kappa shape index (κ3) is 2.70. The van der Waals surface area contributed by atoms with Crippen molar-refractivity contribution in [2.24, 2.45) is 5.73 Å². The number of halogens is 3. The fourth-order valence-electron chi connectivity index (χ4n) is 1.70. The fourth-order valence-corrected chi connectivity index (χ4v) is 1.70. The number of H-pyrrole nitrogens is 1. The van der Waals surface area contributed by atoms with E-state index < -0.39 is 11.9 Å². The van der Waals surface area contributed by atoms with E-state index in [2.05, 4.69) is 9.97 Å². The number of imidazole rings is 1. The number of rotatable bonds is 3. The van der Waals surface area contributed by atoms with Gasteiger partial charge in [0.25, 0.3) is 0 Å². The molecule has 2 rings (SSSR count). The van der Waals surface area contributed by atoms with Gasteiger partial charge in [-0.05, 0) is 18.2 Å². The van der Waals surface area contributed by atoms with Crippen molar-refractivity contribution in [1.29, 1.82) is 0 Å². The summed E-state index contributed by atoms with van der Waals surface area (Å²) in [6, 6.07) is 4.92. The van der Waals surface area contributed by atoms with Crippen LogP contribution in [0.5, 0.6) is 5.75 Å². The van der Waals surface area contributed by atoms with E-state index in [9.17, 15) is 13.2 Å². The van der Waals surface area contributed by atoms with Gasteiger partial charge >= 0.3 is 6.18 Å². The van der Waals surface area contributed by atoms with Crippen LogP contribution >= 0.6 is 0 Å². The van der Waals surface area contributed by atoms with Crippen LogP contribution in [0.25, 0.3) is 11.4 Å². The second-order valence-corrected chi connectivity index (χ2v) is 3.87. The topological polar surface area (TPSA) is 63.9 Å². The number of hydrogen-bond donors (Lipinski definition) is 2. The number of benzene rings is 1. The Kier molecular flexibility index (Phi) is 3.48. The lowest BCUT2D eigenvalue weighted by Gasteiger charge is -2.08. The maximum Gasteiger partial charge on any atom is 0.432 e. The molecule has 3 N–H and O–H groups in total. The number of nitrogens with zero attached hydrogens (tertiary/aromatic N) is 1. The number of nitrogens with two attached hydrogens (primary N) is 1. The molecule has 0 saturated heterocycles. The van der Waals surface area contributed by atoms with Crippen molar-refractivity contribution in [3.63, 3.8) is 0 Å². The molecule has 0 atom stereocenters. The monoisotopic (exact) mass is 271 g/mol. The van der Waals surface area contributed by atoms with Crippen molar-refractivity contribution in [2.75, 3.05) is 7.11 Å². The second-order valence-electron chi connectivity index (χ2n) is 3.87. The van der Waals surface area contributed by atoms with Gasteiger partial charge in [0.2, 0.25) is 0 Å². The van der Waals surface area contributed by atoms with Crippen molar-refractivity contribution in [3.8, 4) is 17.1 Å². The zero-order chi connectivity index (χ0) is 14.0. The molecule has 0 aliphatic heterocycles. The zero-order valence-corrected chi connectivity index (χ0v) is 10.1. The predicted octanol–water partition coefficient (Wildman–Crippen LogP) is 2.56. The minimum absolute atomic E-state index is 0.143. The summed E-state index contributed by atoms with van der Waals surface area (Å²) in [5, 5.41) is 0. The van der Waals surface area contributed by atoms with Crippen molar-refractivity contribution >= 4 is 0 Å². The highest BCUT2D eigenvalue weighted by Crippen LogP contribution is 2.30. The number of methoxy groups -OCH3 is 1. The van der Waals surface area contributed by atoms with Crippen LogP contribution in [0.1, 0.15) is 11.3 Å². The van der Waals surface area contributed by atoms with Crippen LogP contribution in [0.15, 0.2) is 24.4 Å². The van der Waals surface area contributed by atoms with Gasteiger partial charge in [-0.1, -0.05) is 0 Å². The Bertz CT molecular complexity index is 578. The zero-order valence-electron chi connectivity index (χ0n) is 10.1. The number of nitrogens with one attached hydrogen (secondary N) is 1. The summed E-state index contributed by atoms with van der Waals surface area (Å²) in [5.41, 5.74) is 5.90. The Labute approximate surface area is 107 Å². The van der Waals surface area contributed by atoms with Crippen LogP contribution in [0.2, 0.25) is 0 Å². The molecule has 0 aliphatic rings. The largest absolute Gasteiger partial charge is 0.496 e. The number of alkyl halides is 3. The van der Waals surface area contributed by atoms with E-state index in [0.717, 1.165) is 6.20 Å². The molecule has 0 aliphatic carbocycles. The normalized spacial score (nSPS) is 11.6. The van der Waals surface area contributed by atoms with Gasteiger partial charge in [-0.3, -0.25) is 0 Å². The van der Waals surface area contributed by atoms with E-state index in [1.165, 1.54) is 7.11 Å². The first-order chi connectivity index (χ1) is 8.95. The smallest absolute Gasteiger partial charge is 0.432 e. The summed E-state index contributed by atoms with van der Waals surface area (Å²) in [4.78, 5) is 5.97. The van der Waals surface area contributed by atoms with Crippen molar-refractivity contribution in [3.05, 3.63) is 35.7 Å². The molecule has 2 aromatic rings. The van der Waals surface area contributed by atoms with Gasteiger partial charge < -0.3 is 15.5 Å². The standard InChI is InChI=1S/C12H12F3N3O/c1-19-9-3-2-7(4-8(9)5-16)11-17-6-10(18-11)12(13,14)15/h2-4,6H,5,16H2,1H3,(H,17,18). The maximum atomic E-state index is 12.5. The van der Waals surface area contributed by atoms with E-state index >= 15 is 0 Å². The summed E-state index contributed by atoms with van der Waals surface area (Å²) >= 11 is 0. The first-order valence-electron chi connectivity index (χ1n) is 5.45. The van der Waals surface area contributed by atoms with Gasteiger partial charge in [0.05, 0.1) is 13.3 Å². The lowest BCUT2D eigenvalue weighted by atomic mass is 10.1. The first kappa shape index (κ1) is 13.4. The van der Waals surface area contributed by atoms with Gasteiger partial charge in [0.1, 0.15) is 17.3 Å². The average molecular weight is 271 g/mol. The Morgan fingerprint density at radius 2 is 2.11 bits per heavy atom. The SMILES string of the molecule is COc1ccc(-c2ncc(C(F)(F)F)[nH]2)cc1CN. The second kappa shape index (κ2) is 4.93. The van der Waals surface area contributed by atoms with Crippen LogP contribution < -0.4 is 10.5 Å². The molecule has 0 bridgehead atoms. The van der Waals surface area contributed by atoms with Crippen molar-refractivity contribution in [2.45, 2.75) is 12.7 Å². The quantitative estimate of drug-likeness (QED) is 0.901. The summed E-state index contributed by atoms with van der Waals surface area (Å²) in [5.74, 6) is 0.735. The summed E-state index contributed by atoms with van der Waals surface area (Å²) in [6.07, 6.45) is -3.67. The average Bonchev–Trinajstić information content (AvgIpc) is 2.87. The van der Waals surface area contributed by atoms with Gasteiger partial charge in [-0.2, -0.15) is 13.2 Å². The lowest BCUT2D eigenvalue weighted by Crippen LogP contribution is -2.05. The van der Waals surface area contributed by atoms with Crippen molar-refractivity contribution < 1.29 is 17.9 Å². The molecule has 0 radical (unpaired) electrons. The highest BCUT2D eigenvalue weighted by Gasteiger charge is 2.33. The summed E-state index contributed by atoms with van der Waals surface area (Å²) < 4.78 is 42.5. The summed E-state index contributed by atoms with van der Waals surface area (Å²) in [6.45, 7) is 0.226. The van der Waals surface area contributed by atoms with Gasteiger partial charge in [0.15, 0.2) is 0 Å². The Balaban J connectivity index is 2.39. The molecule has 0 fully saturated rings. The highest BCUT2D eigenvalue weighted by molar-refractivity contribution is 5.59. The van der Waals surface area contributed by atoms with E-state index in [4.69, 9.17) is 10.5 Å². The fraction of sp³-hybridized carbons (Fsp3) is 0.250.